The van der Waals surface area contributed by atoms with Crippen LogP contribution < -0.4 is 4.74 Å². The van der Waals surface area contributed by atoms with Gasteiger partial charge in [-0.15, -0.1) is 5.73 Å². The first kappa shape index (κ1) is 55.4. The molecule has 1 aliphatic heterocycles. The van der Waals surface area contributed by atoms with E-state index in [4.69, 9.17) is 18.9 Å². The number of esters is 3. The molecule has 11 nitrogen and oxygen atoms in total. The summed E-state index contributed by atoms with van der Waals surface area (Å²) in [7, 11) is 0. The van der Waals surface area contributed by atoms with Gasteiger partial charge in [-0.25, -0.2) is 0 Å². The van der Waals surface area contributed by atoms with Crippen LogP contribution in [0.4, 0.5) is 0 Å². The molecule has 1 heterocycles. The summed E-state index contributed by atoms with van der Waals surface area (Å²) >= 11 is 0. The molecule has 5 atom stereocenters. The number of aliphatic hydroxyl groups is 1. The number of carbonyl (C=O) groups is 4. The van der Waals surface area contributed by atoms with Gasteiger partial charge >= 0.3 is 17.9 Å². The van der Waals surface area contributed by atoms with Crippen LogP contribution in [0.5, 0.6) is 17.2 Å². The normalized spacial score (nSPS) is 25.5. The van der Waals surface area contributed by atoms with Crippen LogP contribution in [0.3, 0.4) is 0 Å². The van der Waals surface area contributed by atoms with Gasteiger partial charge in [0.2, 0.25) is 0 Å². The Balaban J connectivity index is 1.05. The molecule has 0 radical (unpaired) electrons. The maximum Gasteiger partial charge on any atom is 0.311 e. The smallest absolute Gasteiger partial charge is 0.311 e. The second kappa shape index (κ2) is 23.1. The number of fused-ring (bicyclic) bond motifs is 1. The average molecular weight is 969 g/mol. The summed E-state index contributed by atoms with van der Waals surface area (Å²) in [5.41, 5.74) is 5.91. The van der Waals surface area contributed by atoms with E-state index >= 15 is 0 Å². The van der Waals surface area contributed by atoms with Crippen molar-refractivity contribution in [3.8, 4) is 17.2 Å². The predicted octanol–water partition coefficient (Wildman–Crippen LogP) is 12.2. The van der Waals surface area contributed by atoms with Gasteiger partial charge in [0.05, 0.1) is 24.0 Å². The standard InChI is InChI=1S/C60H72O11/c1-40(18-14-19-42(3)22-29-53-56(6,7)35-50(68-44(5)61)37-58(53,10)67)16-12-13-17-41(2)20-15-21-43(4)52(64)39-60-57(8,9)36-51(38-59(60,11)71-60)70-55(66)31-30-54(65)69-49-27-25-45(26-28-49)23-24-46-32-47(62)34-48(63)33-46/h12-28,32-34,50-51,62-63,67H,30-31,35-39H2,1-11H3/b13-12+,18-14+,20-15+,24-23+,40-16+,41-17+,42-19+,43-21+/t29?,50?,51?,58-,59?,60?/m0/s1. The molecule has 0 amide bonds. The Kier molecular flexibility index (Phi) is 18.1. The zero-order valence-electron chi connectivity index (χ0n) is 43.3. The zero-order chi connectivity index (χ0) is 52.4. The molecule has 3 aliphatic rings. The summed E-state index contributed by atoms with van der Waals surface area (Å²) in [6.07, 6.45) is 26.0. The van der Waals surface area contributed by atoms with Gasteiger partial charge in [0.1, 0.15) is 35.1 Å². The zero-order valence-corrected chi connectivity index (χ0v) is 43.3. The van der Waals surface area contributed by atoms with E-state index in [9.17, 15) is 34.5 Å². The Bertz CT molecular complexity index is 2610. The Morgan fingerprint density at radius 3 is 1.83 bits per heavy atom. The molecule has 2 aliphatic carbocycles. The van der Waals surface area contributed by atoms with E-state index in [1.165, 1.54) is 25.1 Å². The fourth-order valence-electron chi connectivity index (χ4n) is 9.99. The highest BCUT2D eigenvalue weighted by Crippen LogP contribution is 2.67. The SMILES string of the molecule is CC(=O)OC1CC(C)(C)C(=C=C/C(C)=C/C=C/C(C)=C/C=C/C=C(C)/C=C/C=C(\C)C(=O)CC23OC2(C)CC(OC(=O)CCC(=O)Oc2ccc(/C=C/c4cc(O)cc(O)c4)cc2)CC3(C)C)[C@@](C)(O)C1. The lowest BCUT2D eigenvalue weighted by Gasteiger charge is -2.44. The molecule has 3 fully saturated rings. The molecule has 2 aromatic rings. The van der Waals surface area contributed by atoms with Crippen molar-refractivity contribution in [2.45, 2.75) is 150 Å². The van der Waals surface area contributed by atoms with Crippen LogP contribution in [0, 0.1) is 10.8 Å². The minimum Gasteiger partial charge on any atom is -0.508 e. The minimum atomic E-state index is -1.13. The molecule has 4 unspecified atom stereocenters. The highest BCUT2D eigenvalue weighted by Gasteiger charge is 2.76. The number of phenolic OH excluding ortho intramolecular Hbond substituents is 2. The number of hydrogen-bond donors (Lipinski definition) is 3. The van der Waals surface area contributed by atoms with Gasteiger partial charge < -0.3 is 34.3 Å². The van der Waals surface area contributed by atoms with Crippen LogP contribution >= 0.6 is 0 Å². The molecule has 0 aromatic heterocycles. The maximum atomic E-state index is 13.6. The van der Waals surface area contributed by atoms with E-state index in [0.29, 0.717) is 42.6 Å². The second-order valence-corrected chi connectivity index (χ2v) is 21.0. The number of benzene rings is 2. The van der Waals surface area contributed by atoms with Crippen LogP contribution in [0.2, 0.25) is 0 Å². The van der Waals surface area contributed by atoms with Crippen molar-refractivity contribution in [2.24, 2.45) is 10.8 Å². The molecule has 2 saturated carbocycles. The minimum absolute atomic E-state index is 0.00808. The molecule has 0 spiro atoms. The maximum absolute atomic E-state index is 13.6. The van der Waals surface area contributed by atoms with Gasteiger partial charge in [-0.1, -0.05) is 124 Å². The summed E-state index contributed by atoms with van der Waals surface area (Å²) in [5, 5.41) is 30.6. The molecule has 5 rings (SSSR count). The molecule has 2 aromatic carbocycles. The third-order valence-electron chi connectivity index (χ3n) is 13.5. The van der Waals surface area contributed by atoms with E-state index in [1.54, 1.807) is 43.3 Å². The third kappa shape index (κ3) is 15.5. The summed E-state index contributed by atoms with van der Waals surface area (Å²) in [6, 6.07) is 11.1. The number of aromatic hydroxyl groups is 2. The van der Waals surface area contributed by atoms with Gasteiger partial charge in [0, 0.05) is 43.2 Å². The highest BCUT2D eigenvalue weighted by atomic mass is 16.6. The molecular weight excluding hydrogens is 897 g/mol. The number of allylic oxidation sites excluding steroid dienone is 14. The van der Waals surface area contributed by atoms with Crippen molar-refractivity contribution in [1.82, 2.24) is 0 Å². The van der Waals surface area contributed by atoms with Gasteiger partial charge in [-0.3, -0.25) is 19.2 Å². The number of carbonyl (C=O) groups excluding carboxylic acids is 4. The number of rotatable bonds is 18. The third-order valence-corrected chi connectivity index (χ3v) is 13.5. The van der Waals surface area contributed by atoms with E-state index in [0.717, 1.165) is 27.9 Å². The number of ketones is 1. The fourth-order valence-corrected chi connectivity index (χ4v) is 9.99. The van der Waals surface area contributed by atoms with Crippen molar-refractivity contribution in [3.63, 3.8) is 0 Å². The van der Waals surface area contributed by atoms with Gasteiger partial charge in [-0.05, 0) is 112 Å². The van der Waals surface area contributed by atoms with Crippen LogP contribution in [-0.2, 0) is 33.4 Å². The van der Waals surface area contributed by atoms with Crippen LogP contribution in [0.1, 0.15) is 132 Å². The molecular formula is C60H72O11. The Hall–Kier alpha value is -6.52. The van der Waals surface area contributed by atoms with Crippen LogP contribution in [0.15, 0.2) is 143 Å². The van der Waals surface area contributed by atoms with E-state index in [-0.39, 0.29) is 54.0 Å². The molecule has 378 valence electrons. The lowest BCUT2D eigenvalue weighted by atomic mass is 9.61. The van der Waals surface area contributed by atoms with Crippen molar-refractivity contribution >= 4 is 35.8 Å². The summed E-state index contributed by atoms with van der Waals surface area (Å²) in [4.78, 5) is 50.6. The average Bonchev–Trinajstić information content (AvgIpc) is 3.87. The topological polar surface area (TPSA) is 169 Å². The second-order valence-electron chi connectivity index (χ2n) is 21.0. The Morgan fingerprint density at radius 1 is 0.676 bits per heavy atom. The molecule has 3 N–H and O–H groups in total. The number of phenols is 2. The van der Waals surface area contributed by atoms with Crippen molar-refractivity contribution in [3.05, 3.63) is 154 Å². The monoisotopic (exact) mass is 969 g/mol. The summed E-state index contributed by atoms with van der Waals surface area (Å²) in [5.74, 6) is -1.17. The van der Waals surface area contributed by atoms with Crippen LogP contribution in [-0.4, -0.2) is 68.0 Å². The molecule has 0 bridgehead atoms. The van der Waals surface area contributed by atoms with Crippen molar-refractivity contribution in [1.29, 1.82) is 0 Å². The van der Waals surface area contributed by atoms with E-state index < -0.39 is 40.3 Å². The van der Waals surface area contributed by atoms with E-state index in [2.05, 4.69) is 5.73 Å². The number of hydrogen-bond acceptors (Lipinski definition) is 11. The predicted molar refractivity (Wildman–Crippen MR) is 278 cm³/mol. The molecule has 71 heavy (non-hydrogen) atoms. The Morgan fingerprint density at radius 2 is 1.24 bits per heavy atom. The first-order valence-corrected chi connectivity index (χ1v) is 24.3. The molecule has 1 saturated heterocycles. The van der Waals surface area contributed by atoms with Gasteiger partial charge in [0.25, 0.3) is 0 Å². The largest absolute Gasteiger partial charge is 0.508 e. The van der Waals surface area contributed by atoms with Crippen LogP contribution in [0.25, 0.3) is 12.2 Å². The lowest BCUT2D eigenvalue weighted by molar-refractivity contribution is -0.155. The van der Waals surface area contributed by atoms with Gasteiger partial charge in [0.15, 0.2) is 5.78 Å². The molecule has 11 heteroatoms. The van der Waals surface area contributed by atoms with Crippen molar-refractivity contribution in [2.75, 3.05) is 0 Å². The number of epoxide rings is 1. The number of ether oxygens (including phenoxy) is 4. The highest BCUT2D eigenvalue weighted by molar-refractivity contribution is 5.96. The first-order valence-electron chi connectivity index (χ1n) is 24.3. The lowest BCUT2D eigenvalue weighted by Crippen LogP contribution is -2.49. The van der Waals surface area contributed by atoms with E-state index in [1.807, 2.05) is 129 Å². The summed E-state index contributed by atoms with van der Waals surface area (Å²) < 4.78 is 23.1. The quantitative estimate of drug-likeness (QED) is 0.0247. The first-order chi connectivity index (χ1) is 33.2. The number of Topliss-reactive ketones (excluding diaryl/α,β-unsaturated/α-hetero) is 1. The summed E-state index contributed by atoms with van der Waals surface area (Å²) in [6.45, 7) is 21.1. The Labute approximate surface area is 420 Å². The fraction of sp³-hybridized carbons (Fsp3) is 0.417. The van der Waals surface area contributed by atoms with Crippen molar-refractivity contribution < 1.29 is 53.4 Å². The van der Waals surface area contributed by atoms with Gasteiger partial charge in [-0.2, -0.15) is 0 Å².